The molecule has 2 aromatic rings. The van der Waals surface area contributed by atoms with Crippen LogP contribution in [0.1, 0.15) is 30.0 Å². The average molecular weight is 365 g/mol. The first kappa shape index (κ1) is 16.9. The Bertz CT molecular complexity index is 837. The molecule has 126 valence electrons. The van der Waals surface area contributed by atoms with E-state index in [2.05, 4.69) is 5.32 Å². The molecule has 24 heavy (non-hydrogen) atoms. The Kier molecular flexibility index (Phi) is 4.14. The molecule has 0 aliphatic carbocycles. The van der Waals surface area contributed by atoms with Gasteiger partial charge in [0.2, 0.25) is 0 Å². The third-order valence-corrected chi connectivity index (χ3v) is 4.92. The Morgan fingerprint density at radius 1 is 1.25 bits per heavy atom. The van der Waals surface area contributed by atoms with Crippen LogP contribution in [-0.2, 0) is 4.79 Å². The molecule has 2 heterocycles. The number of carboxylic acid groups (broad SMARTS) is 1. The molecule has 0 saturated heterocycles. The molecule has 1 N–H and O–H groups in total. The molecule has 0 radical (unpaired) electrons. The average Bonchev–Trinajstić information content (AvgIpc) is 2.84. The molecule has 0 amide bonds. The minimum atomic E-state index is -1.22. The minimum Gasteiger partial charge on any atom is -0.548 e. The standard InChI is InChI=1S/C17H13Cl2NO3.CH4/c1-7-2-3-12-9(4-7)13-14-10(19)5-8(18)6-11(14)20-15(17(21)22)16(13)23-12;/h2-6,13,15-16,20H,1H3,(H,21,22);1H4/p-1. The third-order valence-electron chi connectivity index (χ3n) is 4.39. The van der Waals surface area contributed by atoms with Crippen LogP contribution >= 0.6 is 23.2 Å². The second kappa shape index (κ2) is 5.87. The molecular formula is C18H16Cl2NO3-. The predicted molar refractivity (Wildman–Crippen MR) is 93.0 cm³/mol. The zero-order chi connectivity index (χ0) is 16.3. The molecule has 0 saturated carbocycles. The number of ether oxygens (including phenoxy) is 1. The fraction of sp³-hybridized carbons (Fsp3) is 0.278. The number of carbonyl (C=O) groups excluding carboxylic acids is 1. The summed E-state index contributed by atoms with van der Waals surface area (Å²) < 4.78 is 5.91. The summed E-state index contributed by atoms with van der Waals surface area (Å²) in [6.45, 7) is 1.98. The first-order valence-corrected chi connectivity index (χ1v) is 7.95. The van der Waals surface area contributed by atoms with E-state index in [1.54, 1.807) is 12.1 Å². The zero-order valence-electron chi connectivity index (χ0n) is 12.1. The van der Waals surface area contributed by atoms with Gasteiger partial charge in [0.25, 0.3) is 0 Å². The number of fused-ring (bicyclic) bond motifs is 5. The van der Waals surface area contributed by atoms with Gasteiger partial charge in [-0.25, -0.2) is 0 Å². The number of halogens is 2. The Labute approximate surface area is 150 Å². The van der Waals surface area contributed by atoms with Gasteiger partial charge >= 0.3 is 0 Å². The van der Waals surface area contributed by atoms with Crippen LogP contribution in [0.5, 0.6) is 5.75 Å². The molecule has 4 rings (SSSR count). The smallest absolute Gasteiger partial charge is 0.135 e. The van der Waals surface area contributed by atoms with Crippen molar-refractivity contribution in [2.24, 2.45) is 0 Å². The molecule has 0 aromatic heterocycles. The van der Waals surface area contributed by atoms with Crippen LogP contribution in [0.2, 0.25) is 10.0 Å². The van der Waals surface area contributed by atoms with Gasteiger partial charge < -0.3 is 20.0 Å². The number of rotatable bonds is 1. The van der Waals surface area contributed by atoms with Gasteiger partial charge in [0.1, 0.15) is 17.9 Å². The van der Waals surface area contributed by atoms with Crippen molar-refractivity contribution in [3.05, 3.63) is 57.1 Å². The molecule has 3 atom stereocenters. The van der Waals surface area contributed by atoms with Gasteiger partial charge in [-0.05, 0) is 25.1 Å². The van der Waals surface area contributed by atoms with Gasteiger partial charge in [-0.1, -0.05) is 48.3 Å². The van der Waals surface area contributed by atoms with E-state index < -0.39 is 18.1 Å². The van der Waals surface area contributed by atoms with Crippen LogP contribution < -0.4 is 15.2 Å². The monoisotopic (exact) mass is 364 g/mol. The van der Waals surface area contributed by atoms with E-state index in [1.165, 1.54) is 0 Å². The van der Waals surface area contributed by atoms with Crippen LogP contribution in [0, 0.1) is 6.92 Å². The summed E-state index contributed by atoms with van der Waals surface area (Å²) >= 11 is 12.5. The lowest BCUT2D eigenvalue weighted by Crippen LogP contribution is -2.53. The second-order valence-electron chi connectivity index (χ2n) is 5.89. The maximum Gasteiger partial charge on any atom is 0.135 e. The number of aryl methyl sites for hydroxylation is 1. The van der Waals surface area contributed by atoms with E-state index in [0.717, 1.165) is 16.7 Å². The third kappa shape index (κ3) is 2.41. The molecule has 0 fully saturated rings. The summed E-state index contributed by atoms with van der Waals surface area (Å²) in [4.78, 5) is 11.6. The number of carboxylic acids is 1. The number of aliphatic carboxylic acids is 1. The lowest BCUT2D eigenvalue weighted by Gasteiger charge is -2.37. The highest BCUT2D eigenvalue weighted by Gasteiger charge is 2.46. The highest BCUT2D eigenvalue weighted by molar-refractivity contribution is 6.35. The van der Waals surface area contributed by atoms with E-state index in [-0.39, 0.29) is 13.3 Å². The summed E-state index contributed by atoms with van der Waals surface area (Å²) in [5.41, 5.74) is 3.43. The van der Waals surface area contributed by atoms with Crippen molar-refractivity contribution in [1.82, 2.24) is 0 Å². The van der Waals surface area contributed by atoms with E-state index in [9.17, 15) is 9.90 Å². The van der Waals surface area contributed by atoms with Gasteiger partial charge in [0, 0.05) is 26.9 Å². The van der Waals surface area contributed by atoms with E-state index in [4.69, 9.17) is 27.9 Å². The number of hydrogen-bond donors (Lipinski definition) is 1. The van der Waals surface area contributed by atoms with Gasteiger partial charge in [-0.15, -0.1) is 0 Å². The Morgan fingerprint density at radius 2 is 2.00 bits per heavy atom. The summed E-state index contributed by atoms with van der Waals surface area (Å²) in [5.74, 6) is -0.808. The Hall–Kier alpha value is -1.91. The van der Waals surface area contributed by atoms with Crippen LogP contribution in [0.25, 0.3) is 0 Å². The van der Waals surface area contributed by atoms with Crippen LogP contribution in [0.15, 0.2) is 30.3 Å². The van der Waals surface area contributed by atoms with Crippen molar-refractivity contribution in [3.63, 3.8) is 0 Å². The van der Waals surface area contributed by atoms with Crippen LogP contribution in [0.3, 0.4) is 0 Å². The predicted octanol–water partition coefficient (Wildman–Crippen LogP) is 3.37. The lowest BCUT2D eigenvalue weighted by atomic mass is 9.81. The van der Waals surface area contributed by atoms with Crippen molar-refractivity contribution in [1.29, 1.82) is 0 Å². The van der Waals surface area contributed by atoms with Crippen molar-refractivity contribution in [2.75, 3.05) is 5.32 Å². The summed E-state index contributed by atoms with van der Waals surface area (Å²) in [6, 6.07) is 8.17. The highest BCUT2D eigenvalue weighted by Crippen LogP contribution is 2.51. The van der Waals surface area contributed by atoms with Crippen molar-refractivity contribution in [2.45, 2.75) is 32.4 Å². The first-order chi connectivity index (χ1) is 11.0. The largest absolute Gasteiger partial charge is 0.548 e. The zero-order valence-corrected chi connectivity index (χ0v) is 13.6. The molecular weight excluding hydrogens is 349 g/mol. The van der Waals surface area contributed by atoms with Crippen LogP contribution in [-0.4, -0.2) is 18.1 Å². The molecule has 6 heteroatoms. The minimum absolute atomic E-state index is 0. The highest BCUT2D eigenvalue weighted by atomic mass is 35.5. The number of benzene rings is 2. The Morgan fingerprint density at radius 3 is 2.71 bits per heavy atom. The second-order valence-corrected chi connectivity index (χ2v) is 6.73. The molecule has 4 nitrogen and oxygen atoms in total. The first-order valence-electron chi connectivity index (χ1n) is 7.19. The van der Waals surface area contributed by atoms with E-state index in [0.29, 0.717) is 21.5 Å². The molecule has 2 aliphatic rings. The van der Waals surface area contributed by atoms with Gasteiger partial charge in [-0.3, -0.25) is 0 Å². The summed E-state index contributed by atoms with van der Waals surface area (Å²) in [6.07, 6.45) is -0.608. The van der Waals surface area contributed by atoms with E-state index >= 15 is 0 Å². The quantitative estimate of drug-likeness (QED) is 0.842. The fourth-order valence-electron chi connectivity index (χ4n) is 3.45. The van der Waals surface area contributed by atoms with Gasteiger partial charge in [0.15, 0.2) is 0 Å². The molecule has 2 aromatic carbocycles. The number of carbonyl (C=O) groups is 1. The number of hydrogen-bond acceptors (Lipinski definition) is 4. The summed E-state index contributed by atoms with van der Waals surface area (Å²) in [7, 11) is 0. The normalized spacial score (nSPS) is 23.0. The van der Waals surface area contributed by atoms with Crippen molar-refractivity contribution in [3.8, 4) is 5.75 Å². The number of anilines is 1. The molecule has 2 aliphatic heterocycles. The lowest BCUT2D eigenvalue weighted by molar-refractivity contribution is -0.308. The maximum atomic E-state index is 11.6. The van der Waals surface area contributed by atoms with Crippen LogP contribution in [0.4, 0.5) is 5.69 Å². The van der Waals surface area contributed by atoms with Gasteiger partial charge in [-0.2, -0.15) is 0 Å². The maximum absolute atomic E-state index is 11.6. The summed E-state index contributed by atoms with van der Waals surface area (Å²) in [5, 5.41) is 15.5. The number of nitrogens with one attached hydrogen (secondary N) is 1. The fourth-order valence-corrected chi connectivity index (χ4v) is 4.06. The van der Waals surface area contributed by atoms with Gasteiger partial charge in [0.05, 0.1) is 11.9 Å². The SMILES string of the molecule is C.Cc1ccc2c(c1)C1c3c(Cl)cc(Cl)cc3NC(C(=O)[O-])C1O2. The molecule has 3 unspecified atom stereocenters. The van der Waals surface area contributed by atoms with E-state index in [1.807, 2.05) is 25.1 Å². The van der Waals surface area contributed by atoms with Crippen molar-refractivity contribution < 1.29 is 14.6 Å². The molecule has 0 bridgehead atoms. The van der Waals surface area contributed by atoms with Crippen molar-refractivity contribution >= 4 is 34.9 Å². The molecule has 0 spiro atoms. The Balaban J connectivity index is 0.00000169. The topological polar surface area (TPSA) is 61.4 Å².